The van der Waals surface area contributed by atoms with E-state index in [0.717, 1.165) is 16.4 Å². The van der Waals surface area contributed by atoms with Crippen LogP contribution in [-0.2, 0) is 16.2 Å². The van der Waals surface area contributed by atoms with Crippen molar-refractivity contribution in [3.8, 4) is 0 Å². The van der Waals surface area contributed by atoms with E-state index in [1.807, 2.05) is 0 Å². The Labute approximate surface area is 146 Å². The molecule has 0 fully saturated rings. The van der Waals surface area contributed by atoms with E-state index < -0.39 is 21.8 Å². The van der Waals surface area contributed by atoms with E-state index in [9.17, 15) is 21.6 Å². The van der Waals surface area contributed by atoms with E-state index in [1.54, 1.807) is 12.1 Å². The molecule has 0 atom stereocenters. The first-order valence-electron chi connectivity index (χ1n) is 6.73. The topological polar surface area (TPSA) is 37.4 Å². The number of hydrogen-bond acceptors (Lipinski definition) is 2. The minimum atomic E-state index is -4.56. The van der Waals surface area contributed by atoms with Crippen molar-refractivity contribution < 1.29 is 21.6 Å². The minimum Gasteiger partial charge on any atom is -0.263 e. The van der Waals surface area contributed by atoms with Crippen LogP contribution in [-0.4, -0.2) is 15.0 Å². The Morgan fingerprint density at radius 2 is 1.75 bits per heavy atom. The quantitative estimate of drug-likeness (QED) is 0.649. The molecular formula is C16H13BrF3NO2S. The Morgan fingerprint density at radius 3 is 2.29 bits per heavy atom. The van der Waals surface area contributed by atoms with Gasteiger partial charge in [-0.25, -0.2) is 8.42 Å². The zero-order valence-corrected chi connectivity index (χ0v) is 14.7. The zero-order valence-electron chi connectivity index (χ0n) is 12.3. The maximum atomic E-state index is 12.9. The Bertz CT molecular complexity index is 833. The molecule has 0 unspecified atom stereocenters. The first-order chi connectivity index (χ1) is 11.2. The third-order valence-electron chi connectivity index (χ3n) is 3.16. The number of anilines is 1. The monoisotopic (exact) mass is 419 g/mol. The van der Waals surface area contributed by atoms with Crippen molar-refractivity contribution in [1.29, 1.82) is 0 Å². The molecule has 0 aliphatic heterocycles. The standard InChI is InChI=1S/C16H13BrF3NO2S/c1-2-10-21(14-5-3-4-12(11-14)16(18,19)20)24(22,23)15-8-6-13(17)7-9-15/h2-9,11H,1,10H2. The van der Waals surface area contributed by atoms with Gasteiger partial charge in [-0.1, -0.05) is 28.1 Å². The van der Waals surface area contributed by atoms with Crippen LogP contribution in [0.4, 0.5) is 18.9 Å². The average Bonchev–Trinajstić information content (AvgIpc) is 2.52. The summed E-state index contributed by atoms with van der Waals surface area (Å²) in [5.74, 6) is 0. The van der Waals surface area contributed by atoms with E-state index in [1.165, 1.54) is 30.3 Å². The van der Waals surface area contributed by atoms with Crippen LogP contribution in [0.25, 0.3) is 0 Å². The summed E-state index contributed by atoms with van der Waals surface area (Å²) in [5.41, 5.74) is -0.993. The Hall–Kier alpha value is -1.80. The Balaban J connectivity index is 2.53. The van der Waals surface area contributed by atoms with Crippen molar-refractivity contribution in [2.24, 2.45) is 0 Å². The fraction of sp³-hybridized carbons (Fsp3) is 0.125. The fourth-order valence-electron chi connectivity index (χ4n) is 2.03. The molecule has 8 heteroatoms. The largest absolute Gasteiger partial charge is 0.416 e. The third kappa shape index (κ3) is 3.99. The predicted molar refractivity (Wildman–Crippen MR) is 90.3 cm³/mol. The van der Waals surface area contributed by atoms with Crippen molar-refractivity contribution in [1.82, 2.24) is 0 Å². The first-order valence-corrected chi connectivity index (χ1v) is 8.96. The van der Waals surface area contributed by atoms with Crippen LogP contribution in [0.2, 0.25) is 0 Å². The van der Waals surface area contributed by atoms with Crippen molar-refractivity contribution >= 4 is 31.6 Å². The van der Waals surface area contributed by atoms with Gasteiger partial charge in [0, 0.05) is 4.47 Å². The number of alkyl halides is 3. The van der Waals surface area contributed by atoms with E-state index in [2.05, 4.69) is 22.5 Å². The number of sulfonamides is 1. The second kappa shape index (κ2) is 6.98. The lowest BCUT2D eigenvalue weighted by atomic mass is 10.2. The highest BCUT2D eigenvalue weighted by molar-refractivity contribution is 9.10. The molecule has 3 nitrogen and oxygen atoms in total. The summed E-state index contributed by atoms with van der Waals surface area (Å²) in [6.45, 7) is 3.33. The number of hydrogen-bond donors (Lipinski definition) is 0. The molecule has 0 aliphatic carbocycles. The van der Waals surface area contributed by atoms with Crippen molar-refractivity contribution in [3.05, 3.63) is 71.2 Å². The molecule has 0 bridgehead atoms. The van der Waals surface area contributed by atoms with E-state index in [4.69, 9.17) is 0 Å². The molecule has 0 saturated carbocycles. The van der Waals surface area contributed by atoms with Gasteiger partial charge in [0.05, 0.1) is 22.7 Å². The van der Waals surface area contributed by atoms with Crippen LogP contribution in [0.1, 0.15) is 5.56 Å². The van der Waals surface area contributed by atoms with Gasteiger partial charge in [0.2, 0.25) is 0 Å². The van der Waals surface area contributed by atoms with Gasteiger partial charge < -0.3 is 0 Å². The van der Waals surface area contributed by atoms with Gasteiger partial charge in [0.1, 0.15) is 0 Å². The molecule has 2 aromatic carbocycles. The van der Waals surface area contributed by atoms with Crippen LogP contribution in [0.3, 0.4) is 0 Å². The van der Waals surface area contributed by atoms with Crippen LogP contribution >= 0.6 is 15.9 Å². The normalized spacial score (nSPS) is 12.0. The average molecular weight is 420 g/mol. The highest BCUT2D eigenvalue weighted by Crippen LogP contribution is 2.33. The third-order valence-corrected chi connectivity index (χ3v) is 5.49. The first kappa shape index (κ1) is 18.5. The summed E-state index contributed by atoms with van der Waals surface area (Å²) in [5, 5.41) is 0. The van der Waals surface area contributed by atoms with Gasteiger partial charge in [0.25, 0.3) is 10.0 Å². The molecule has 128 valence electrons. The van der Waals surface area contributed by atoms with Gasteiger partial charge in [-0.3, -0.25) is 4.31 Å². The van der Waals surface area contributed by atoms with Crippen LogP contribution < -0.4 is 4.31 Å². The lowest BCUT2D eigenvalue weighted by Crippen LogP contribution is -2.31. The van der Waals surface area contributed by atoms with E-state index in [0.29, 0.717) is 4.47 Å². The summed E-state index contributed by atoms with van der Waals surface area (Å²) >= 11 is 3.21. The molecule has 0 heterocycles. The molecule has 0 N–H and O–H groups in total. The fourth-order valence-corrected chi connectivity index (χ4v) is 3.72. The summed E-state index contributed by atoms with van der Waals surface area (Å²) in [7, 11) is -4.02. The summed E-state index contributed by atoms with van der Waals surface area (Å²) in [6.07, 6.45) is -3.24. The van der Waals surface area contributed by atoms with Crippen molar-refractivity contribution in [2.75, 3.05) is 10.8 Å². The number of nitrogens with zero attached hydrogens (tertiary/aromatic N) is 1. The van der Waals surface area contributed by atoms with Gasteiger partial charge in [-0.15, -0.1) is 6.58 Å². The molecule has 0 aromatic heterocycles. The minimum absolute atomic E-state index is 0.0232. The molecule has 0 amide bonds. The Morgan fingerprint density at radius 1 is 1.12 bits per heavy atom. The maximum Gasteiger partial charge on any atom is 0.416 e. The van der Waals surface area contributed by atoms with Gasteiger partial charge in [-0.05, 0) is 42.5 Å². The second-order valence-electron chi connectivity index (χ2n) is 4.83. The van der Waals surface area contributed by atoms with E-state index in [-0.39, 0.29) is 17.1 Å². The lowest BCUT2D eigenvalue weighted by Gasteiger charge is -2.24. The number of rotatable bonds is 5. The lowest BCUT2D eigenvalue weighted by molar-refractivity contribution is -0.137. The molecular weight excluding hydrogens is 407 g/mol. The van der Waals surface area contributed by atoms with Crippen molar-refractivity contribution in [2.45, 2.75) is 11.1 Å². The molecule has 0 radical (unpaired) electrons. The number of halogens is 4. The van der Waals surface area contributed by atoms with Gasteiger partial charge >= 0.3 is 6.18 Å². The SMILES string of the molecule is C=CCN(c1cccc(C(F)(F)F)c1)S(=O)(=O)c1ccc(Br)cc1. The van der Waals surface area contributed by atoms with Crippen LogP contribution in [0.15, 0.2) is 70.6 Å². The molecule has 0 spiro atoms. The van der Waals surface area contributed by atoms with Crippen molar-refractivity contribution in [3.63, 3.8) is 0 Å². The molecule has 2 aromatic rings. The summed E-state index contributed by atoms with van der Waals surface area (Å²) in [4.78, 5) is -0.0232. The smallest absolute Gasteiger partial charge is 0.263 e. The van der Waals surface area contributed by atoms with Crippen LogP contribution in [0, 0.1) is 0 Å². The van der Waals surface area contributed by atoms with Gasteiger partial charge in [0.15, 0.2) is 0 Å². The maximum absolute atomic E-state index is 12.9. The summed E-state index contributed by atoms with van der Waals surface area (Å²) in [6, 6.07) is 10.0. The highest BCUT2D eigenvalue weighted by atomic mass is 79.9. The summed E-state index contributed by atoms with van der Waals surface area (Å²) < 4.78 is 65.8. The molecule has 24 heavy (non-hydrogen) atoms. The second-order valence-corrected chi connectivity index (χ2v) is 7.60. The van der Waals surface area contributed by atoms with Gasteiger partial charge in [-0.2, -0.15) is 13.2 Å². The molecule has 0 saturated heterocycles. The van der Waals surface area contributed by atoms with Crippen LogP contribution in [0.5, 0.6) is 0 Å². The number of benzene rings is 2. The predicted octanol–water partition coefficient (Wildman–Crippen LogP) is 4.85. The zero-order chi connectivity index (χ0) is 18.0. The van der Waals surface area contributed by atoms with E-state index >= 15 is 0 Å². The molecule has 0 aliphatic rings. The molecule has 2 rings (SSSR count). The Kier molecular flexibility index (Phi) is 5.39. The highest BCUT2D eigenvalue weighted by Gasteiger charge is 2.32.